The summed E-state index contributed by atoms with van der Waals surface area (Å²) in [7, 11) is -4.36. The van der Waals surface area contributed by atoms with Crippen molar-refractivity contribution in [2.24, 2.45) is 0 Å². The highest BCUT2D eigenvalue weighted by Crippen LogP contribution is 2.48. The van der Waals surface area contributed by atoms with Gasteiger partial charge < -0.3 is 19.7 Å². The van der Waals surface area contributed by atoms with Gasteiger partial charge in [-0.2, -0.15) is 19.4 Å². The van der Waals surface area contributed by atoms with Gasteiger partial charge in [0, 0.05) is 6.42 Å². The highest BCUT2D eigenvalue weighted by molar-refractivity contribution is 7.52. The molecule has 5 rings (SSSR count). The molecule has 61 heavy (non-hydrogen) atoms. The monoisotopic (exact) mass is 859 g/mol. The molecule has 2 aromatic carbocycles. The Morgan fingerprint density at radius 1 is 0.918 bits per heavy atom. The Kier molecular flexibility index (Phi) is 20.0. The average molecular weight is 860 g/mol. The third-order valence-electron chi connectivity index (χ3n) is 11.0. The molecule has 1 fully saturated rings. The molecule has 0 saturated carbocycles. The van der Waals surface area contributed by atoms with E-state index in [1.54, 1.807) is 36.8 Å². The number of nitrogens with two attached hydrogens (primary N) is 1. The van der Waals surface area contributed by atoms with Crippen LogP contribution < -0.4 is 15.3 Å². The van der Waals surface area contributed by atoms with Crippen molar-refractivity contribution in [3.8, 4) is 18.1 Å². The van der Waals surface area contributed by atoms with Crippen LogP contribution >= 0.6 is 7.75 Å². The molecule has 2 aromatic heterocycles. The number of hydrogen-bond acceptors (Lipinski definition) is 10. The maximum Gasteiger partial charge on any atom is 0.459 e. The smallest absolute Gasteiger partial charge is 0.459 e. The topological polar surface area (TPSA) is 153 Å². The van der Waals surface area contributed by atoms with Gasteiger partial charge in [-0.1, -0.05) is 171 Å². The van der Waals surface area contributed by atoms with Crippen molar-refractivity contribution in [3.05, 3.63) is 85.1 Å². The first-order valence-electron chi connectivity index (χ1n) is 22.4. The van der Waals surface area contributed by atoms with Crippen LogP contribution in [0.1, 0.15) is 141 Å². The van der Waals surface area contributed by atoms with Gasteiger partial charge in [0.25, 0.3) is 0 Å². The van der Waals surface area contributed by atoms with Gasteiger partial charge in [-0.25, -0.2) is 9.55 Å². The molecule has 3 heterocycles. The number of nitrogens with zero attached hydrogens (tertiary/aromatic N) is 4. The molecule has 0 amide bonds. The largest absolute Gasteiger partial charge is 0.465 e. The number of unbranched alkanes of at least 4 members (excludes halogenated alkanes) is 17. The lowest BCUT2D eigenvalue weighted by molar-refractivity contribution is -0.146. The third kappa shape index (κ3) is 15.8. The van der Waals surface area contributed by atoms with E-state index in [0.717, 1.165) is 24.8 Å². The summed E-state index contributed by atoms with van der Waals surface area (Å²) in [5.41, 5.74) is 5.53. The first-order chi connectivity index (χ1) is 29.7. The molecular formula is C47H65FN6O6P. The second kappa shape index (κ2) is 25.6. The maximum atomic E-state index is 14.7. The Morgan fingerprint density at radius 2 is 1.49 bits per heavy atom. The molecule has 1 saturated heterocycles. The number of ether oxygens (including phenoxy) is 2. The van der Waals surface area contributed by atoms with Crippen LogP contribution in [0.3, 0.4) is 0 Å². The number of aromatic nitrogens is 4. The van der Waals surface area contributed by atoms with E-state index in [-0.39, 0.29) is 42.2 Å². The summed E-state index contributed by atoms with van der Waals surface area (Å²) in [5, 5.41) is 2.89. The van der Waals surface area contributed by atoms with Crippen LogP contribution in [0.25, 0.3) is 11.2 Å². The van der Waals surface area contributed by atoms with E-state index < -0.39 is 44.3 Å². The lowest BCUT2D eigenvalue weighted by Gasteiger charge is -2.29. The van der Waals surface area contributed by atoms with Gasteiger partial charge in [-0.3, -0.25) is 13.9 Å². The van der Waals surface area contributed by atoms with Crippen molar-refractivity contribution >= 4 is 30.7 Å². The summed E-state index contributed by atoms with van der Waals surface area (Å²) in [6.45, 7) is 2.09. The number of fused-ring (bicyclic) bond motifs is 1. The number of nitrogens with one attached hydrogen (secondary N) is 1. The van der Waals surface area contributed by atoms with Crippen molar-refractivity contribution in [3.63, 3.8) is 0 Å². The zero-order chi connectivity index (χ0) is 43.2. The molecule has 0 unspecified atom stereocenters. The number of nitrogen functional groups attached to an aromatic ring is 1. The quantitative estimate of drug-likeness (QED) is 0.0169. The van der Waals surface area contributed by atoms with Crippen LogP contribution in [0.15, 0.2) is 67.0 Å². The zero-order valence-corrected chi connectivity index (χ0v) is 36.8. The second-order valence-corrected chi connectivity index (χ2v) is 17.7. The van der Waals surface area contributed by atoms with Crippen LogP contribution in [-0.4, -0.2) is 50.3 Å². The minimum Gasteiger partial charge on any atom is -0.465 e. The lowest BCUT2D eigenvalue weighted by Crippen LogP contribution is -2.41. The minimum atomic E-state index is -4.36. The fourth-order valence-corrected chi connectivity index (χ4v) is 9.06. The Morgan fingerprint density at radius 3 is 2.08 bits per heavy atom. The van der Waals surface area contributed by atoms with E-state index in [1.165, 1.54) is 107 Å². The number of halogens is 1. The van der Waals surface area contributed by atoms with E-state index in [4.69, 9.17) is 30.7 Å². The predicted molar refractivity (Wildman–Crippen MR) is 238 cm³/mol. The Labute approximate surface area is 361 Å². The number of rotatable bonds is 30. The zero-order valence-electron chi connectivity index (χ0n) is 35.9. The minimum absolute atomic E-state index is 0.112. The molecule has 1 radical (unpaired) electrons. The molecule has 4 atom stereocenters. The highest BCUT2D eigenvalue weighted by atomic mass is 31.2. The molecule has 0 spiro atoms. The SMILES string of the molecule is C#C[C@@]1(CO[P@@](=O)(N[C@@H](Cc2ccccc2)C(=O)OCCCCCCCCCCCCCCCCCCCC)Oc2ccccc2)[CH]C[C@H](n2cnc3c(N)nc(F)nc32)O1. The lowest BCUT2D eigenvalue weighted by atomic mass is 10.0. The van der Waals surface area contributed by atoms with Gasteiger partial charge in [0.1, 0.15) is 18.0 Å². The van der Waals surface area contributed by atoms with Gasteiger partial charge in [-0.05, 0) is 37.0 Å². The summed E-state index contributed by atoms with van der Waals surface area (Å²) >= 11 is 0. The number of carbonyl (C=O) groups excluding carboxylic acids is 1. The van der Waals surface area contributed by atoms with Crippen LogP contribution in [0.4, 0.5) is 10.2 Å². The van der Waals surface area contributed by atoms with Crippen molar-refractivity contribution in [2.45, 2.75) is 153 Å². The predicted octanol–water partition coefficient (Wildman–Crippen LogP) is 11.0. The Hall–Kier alpha value is -4.34. The van der Waals surface area contributed by atoms with E-state index in [0.29, 0.717) is 0 Å². The molecule has 331 valence electrons. The first kappa shape index (κ1) is 47.7. The van der Waals surface area contributed by atoms with E-state index in [2.05, 4.69) is 32.9 Å². The number of anilines is 1. The van der Waals surface area contributed by atoms with Gasteiger partial charge in [0.05, 0.1) is 19.5 Å². The van der Waals surface area contributed by atoms with Crippen molar-refractivity contribution in [2.75, 3.05) is 18.9 Å². The molecule has 12 nitrogen and oxygen atoms in total. The summed E-state index contributed by atoms with van der Waals surface area (Å²) in [6, 6.07) is 16.8. The number of imidazole rings is 1. The van der Waals surface area contributed by atoms with Crippen molar-refractivity contribution in [1.29, 1.82) is 0 Å². The number of terminal acetylenes is 1. The van der Waals surface area contributed by atoms with Crippen molar-refractivity contribution < 1.29 is 32.3 Å². The maximum absolute atomic E-state index is 14.7. The second-order valence-electron chi connectivity index (χ2n) is 16.0. The summed E-state index contributed by atoms with van der Waals surface area (Å²) in [6.07, 6.45) is 30.6. The molecular weight excluding hydrogens is 795 g/mol. The number of carbonyl (C=O) groups is 1. The van der Waals surface area contributed by atoms with Gasteiger partial charge >= 0.3 is 19.8 Å². The van der Waals surface area contributed by atoms with E-state index >= 15 is 0 Å². The Balaban J connectivity index is 1.10. The molecule has 0 aliphatic carbocycles. The molecule has 0 bridgehead atoms. The van der Waals surface area contributed by atoms with Gasteiger partial charge in [0.2, 0.25) is 0 Å². The number of hydrogen-bond donors (Lipinski definition) is 2. The normalized spacial score (nSPS) is 17.8. The summed E-state index contributed by atoms with van der Waals surface area (Å²) in [5.74, 6) is 2.16. The number of para-hydroxylation sites is 1. The van der Waals surface area contributed by atoms with Crippen molar-refractivity contribution in [1.82, 2.24) is 24.6 Å². The molecule has 14 heteroatoms. The molecule has 3 N–H and O–H groups in total. The fraction of sp³-hybridized carbons (Fsp3) is 0.553. The molecule has 4 aromatic rings. The number of benzene rings is 2. The highest BCUT2D eigenvalue weighted by Gasteiger charge is 2.44. The van der Waals surface area contributed by atoms with Crippen LogP contribution in [0, 0.1) is 24.8 Å². The summed E-state index contributed by atoms with van der Waals surface area (Å²) < 4.78 is 54.4. The van der Waals surface area contributed by atoms with Crippen LogP contribution in [0.2, 0.25) is 0 Å². The fourth-order valence-electron chi connectivity index (χ4n) is 7.54. The van der Waals surface area contributed by atoms with E-state index in [1.807, 2.05) is 30.3 Å². The van der Waals surface area contributed by atoms with Gasteiger partial charge in [-0.15, -0.1) is 6.42 Å². The standard InChI is InChI=1S/C47H65FN6O6P/c1-3-5-6-7-8-9-10-11-12-13-14-15-16-17-18-19-20-27-34-57-45(55)40(35-38-28-23-21-24-29-38)53-61(56,60-39-30-25-22-26-31-39)58-36-47(4-2)33-32-41(59-47)54-37-50-42-43(49)51-46(48)52-44(42)54/h2,21-26,28-31,33,37,40-41H,3,5-20,27,32,34-36H2,1H3,(H,53,56)(H2,49,51,52)/t40-,41+,47-,61-/m0/s1. The van der Waals surface area contributed by atoms with Crippen LogP contribution in [-0.2, 0) is 29.8 Å². The number of esters is 1. The average Bonchev–Trinajstić information content (AvgIpc) is 3.89. The molecule has 1 aliphatic heterocycles. The Bertz CT molecular complexity index is 1980. The summed E-state index contributed by atoms with van der Waals surface area (Å²) in [4.78, 5) is 25.3. The first-order valence-corrected chi connectivity index (χ1v) is 23.9. The van der Waals surface area contributed by atoms with E-state index in [9.17, 15) is 13.8 Å². The van der Waals surface area contributed by atoms with Gasteiger partial charge in [0.15, 0.2) is 22.6 Å². The third-order valence-corrected chi connectivity index (χ3v) is 12.6. The molecule has 1 aliphatic rings. The van der Waals surface area contributed by atoms with Crippen LogP contribution in [0.5, 0.6) is 5.75 Å².